The number of rotatable bonds is 5. The summed E-state index contributed by atoms with van der Waals surface area (Å²) < 4.78 is 40.8. The van der Waals surface area contributed by atoms with Gasteiger partial charge in [0.2, 0.25) is 5.76 Å². The highest BCUT2D eigenvalue weighted by Crippen LogP contribution is 2.19. The average molecular weight is 267 g/mol. The minimum atomic E-state index is -4.68. The minimum absolute atomic E-state index is 0.0181. The molecule has 0 amide bonds. The van der Waals surface area contributed by atoms with Gasteiger partial charge in [-0.1, -0.05) is 0 Å². The van der Waals surface area contributed by atoms with Crippen LogP contribution in [-0.2, 0) is 6.54 Å². The van der Waals surface area contributed by atoms with E-state index >= 15 is 0 Å². The highest BCUT2D eigenvalue weighted by Gasteiger charge is 2.37. The molecule has 18 heavy (non-hydrogen) atoms. The molecule has 0 radical (unpaired) electrons. The van der Waals surface area contributed by atoms with Gasteiger partial charge in [0.1, 0.15) is 5.76 Å². The number of carbonyl (C=O) groups is 1. The molecule has 0 saturated carbocycles. The van der Waals surface area contributed by atoms with E-state index in [9.17, 15) is 18.0 Å². The van der Waals surface area contributed by atoms with Gasteiger partial charge in [0.05, 0.1) is 0 Å². The van der Waals surface area contributed by atoms with E-state index < -0.39 is 24.8 Å². The van der Waals surface area contributed by atoms with Crippen molar-refractivity contribution in [3.8, 4) is 0 Å². The number of halogens is 3. The summed E-state index contributed by atoms with van der Waals surface area (Å²) in [6.45, 7) is 0.815. The number of aromatic carboxylic acids is 1. The van der Waals surface area contributed by atoms with Gasteiger partial charge in [-0.15, -0.1) is 0 Å². The molecule has 0 aliphatic carbocycles. The first-order valence-electron chi connectivity index (χ1n) is 5.00. The number of hydrogen-bond donors (Lipinski definition) is 3. The molecule has 8 heteroatoms. The van der Waals surface area contributed by atoms with Gasteiger partial charge in [-0.25, -0.2) is 4.79 Å². The summed E-state index contributed by atoms with van der Waals surface area (Å²) in [6.07, 6.45) is -7.13. The van der Waals surface area contributed by atoms with Crippen LogP contribution in [0.5, 0.6) is 0 Å². The smallest absolute Gasteiger partial charge is 0.415 e. The monoisotopic (exact) mass is 267 g/mol. The second-order valence-corrected chi connectivity index (χ2v) is 3.69. The molecule has 0 aromatic carbocycles. The Morgan fingerprint density at radius 1 is 1.56 bits per heavy atom. The fourth-order valence-electron chi connectivity index (χ4n) is 1.26. The Bertz CT molecular complexity index is 427. The Hall–Kier alpha value is -1.54. The van der Waals surface area contributed by atoms with Gasteiger partial charge in [-0.05, 0) is 13.0 Å². The Morgan fingerprint density at radius 2 is 2.17 bits per heavy atom. The normalized spacial score (nSPS) is 13.6. The molecular weight excluding hydrogens is 255 g/mol. The molecule has 0 saturated heterocycles. The lowest BCUT2D eigenvalue weighted by Crippen LogP contribution is -2.38. The van der Waals surface area contributed by atoms with E-state index in [0.717, 1.165) is 0 Å². The molecule has 1 aromatic rings. The standard InChI is InChI=1S/C10H12F3NO4/c1-5-6(2-7(18-5)9(16)17)3-14-4-8(15)10(11,12)13/h2,8,14-15H,3-4H2,1H3,(H,16,17). The maximum Gasteiger partial charge on any atom is 0.415 e. The fraction of sp³-hybridized carbons (Fsp3) is 0.500. The van der Waals surface area contributed by atoms with E-state index in [1.807, 2.05) is 0 Å². The number of alkyl halides is 3. The van der Waals surface area contributed by atoms with Crippen LogP contribution in [0.15, 0.2) is 10.5 Å². The number of carboxylic acids is 1. The van der Waals surface area contributed by atoms with Crippen LogP contribution < -0.4 is 5.32 Å². The van der Waals surface area contributed by atoms with Gasteiger partial charge in [0.15, 0.2) is 6.10 Å². The number of furan rings is 1. The lowest BCUT2D eigenvalue weighted by Gasteiger charge is -2.14. The van der Waals surface area contributed by atoms with Crippen LogP contribution in [0.1, 0.15) is 21.9 Å². The van der Waals surface area contributed by atoms with Gasteiger partial charge < -0.3 is 19.9 Å². The van der Waals surface area contributed by atoms with Crippen molar-refractivity contribution in [3.63, 3.8) is 0 Å². The third kappa shape index (κ3) is 3.74. The van der Waals surface area contributed by atoms with Crippen molar-refractivity contribution in [3.05, 3.63) is 23.2 Å². The summed E-state index contributed by atoms with van der Waals surface area (Å²) in [6, 6.07) is 1.23. The number of carboxylic acid groups (broad SMARTS) is 1. The minimum Gasteiger partial charge on any atom is -0.475 e. The lowest BCUT2D eigenvalue weighted by molar-refractivity contribution is -0.201. The average Bonchev–Trinajstić information content (AvgIpc) is 2.59. The second-order valence-electron chi connectivity index (χ2n) is 3.69. The van der Waals surface area contributed by atoms with E-state index in [0.29, 0.717) is 11.3 Å². The molecule has 0 bridgehead atoms. The maximum atomic E-state index is 12.0. The largest absolute Gasteiger partial charge is 0.475 e. The lowest BCUT2D eigenvalue weighted by atomic mass is 10.2. The van der Waals surface area contributed by atoms with E-state index in [1.54, 1.807) is 0 Å². The molecular formula is C10H12F3NO4. The molecule has 0 spiro atoms. The van der Waals surface area contributed by atoms with Gasteiger partial charge in [0, 0.05) is 18.7 Å². The Morgan fingerprint density at radius 3 is 2.61 bits per heavy atom. The Balaban J connectivity index is 2.52. The first-order valence-corrected chi connectivity index (χ1v) is 5.00. The third-order valence-electron chi connectivity index (χ3n) is 2.26. The van der Waals surface area contributed by atoms with Crippen LogP contribution in [-0.4, -0.2) is 35.0 Å². The Labute approximate surface area is 100 Å². The first kappa shape index (κ1) is 14.5. The predicted octanol–water partition coefficient (Wildman–Crippen LogP) is 1.30. The van der Waals surface area contributed by atoms with Crippen molar-refractivity contribution in [1.29, 1.82) is 0 Å². The van der Waals surface area contributed by atoms with Gasteiger partial charge >= 0.3 is 12.1 Å². The molecule has 102 valence electrons. The van der Waals surface area contributed by atoms with Gasteiger partial charge in [-0.3, -0.25) is 0 Å². The van der Waals surface area contributed by atoms with Gasteiger partial charge in [-0.2, -0.15) is 13.2 Å². The van der Waals surface area contributed by atoms with Crippen LogP contribution in [0.25, 0.3) is 0 Å². The van der Waals surface area contributed by atoms with Crippen molar-refractivity contribution in [2.45, 2.75) is 25.7 Å². The van der Waals surface area contributed by atoms with Crippen molar-refractivity contribution in [2.24, 2.45) is 0 Å². The van der Waals surface area contributed by atoms with Crippen LogP contribution >= 0.6 is 0 Å². The SMILES string of the molecule is Cc1oc(C(=O)O)cc1CNCC(O)C(F)(F)F. The van der Waals surface area contributed by atoms with Crippen molar-refractivity contribution < 1.29 is 32.6 Å². The van der Waals surface area contributed by atoms with E-state index in [4.69, 9.17) is 14.6 Å². The molecule has 1 rings (SSSR count). The van der Waals surface area contributed by atoms with Crippen molar-refractivity contribution >= 4 is 5.97 Å². The van der Waals surface area contributed by atoms with Crippen LogP contribution in [0, 0.1) is 6.92 Å². The molecule has 0 fully saturated rings. The van der Waals surface area contributed by atoms with Crippen LogP contribution in [0.3, 0.4) is 0 Å². The summed E-state index contributed by atoms with van der Waals surface area (Å²) in [4.78, 5) is 10.6. The molecule has 1 heterocycles. The topological polar surface area (TPSA) is 82.7 Å². The molecule has 1 aromatic heterocycles. The van der Waals surface area contributed by atoms with Crippen molar-refractivity contribution in [2.75, 3.05) is 6.54 Å². The van der Waals surface area contributed by atoms with Crippen LogP contribution in [0.4, 0.5) is 13.2 Å². The summed E-state index contributed by atoms with van der Waals surface area (Å²) in [7, 11) is 0. The summed E-state index contributed by atoms with van der Waals surface area (Å²) >= 11 is 0. The molecule has 1 atom stereocenters. The first-order chi connectivity index (χ1) is 8.21. The Kier molecular flexibility index (Phi) is 4.36. The summed E-state index contributed by atoms with van der Waals surface area (Å²) in [5.74, 6) is -1.22. The van der Waals surface area contributed by atoms with E-state index in [-0.39, 0.29) is 12.3 Å². The number of aryl methyl sites for hydroxylation is 1. The third-order valence-corrected chi connectivity index (χ3v) is 2.26. The quantitative estimate of drug-likeness (QED) is 0.749. The number of aliphatic hydroxyl groups is 1. The van der Waals surface area contributed by atoms with E-state index in [2.05, 4.69) is 5.32 Å². The maximum absolute atomic E-state index is 12.0. The van der Waals surface area contributed by atoms with Gasteiger partial charge in [0.25, 0.3) is 0 Å². The summed E-state index contributed by atoms with van der Waals surface area (Å²) in [5.41, 5.74) is 0.432. The fourth-order valence-corrected chi connectivity index (χ4v) is 1.26. The molecule has 1 unspecified atom stereocenters. The highest BCUT2D eigenvalue weighted by atomic mass is 19.4. The molecule has 5 nitrogen and oxygen atoms in total. The molecule has 3 N–H and O–H groups in total. The molecule has 0 aliphatic heterocycles. The zero-order valence-electron chi connectivity index (χ0n) is 9.41. The summed E-state index contributed by atoms with van der Waals surface area (Å²) in [5, 5.41) is 19.7. The number of nitrogens with one attached hydrogen (secondary N) is 1. The van der Waals surface area contributed by atoms with Crippen molar-refractivity contribution in [1.82, 2.24) is 5.32 Å². The zero-order chi connectivity index (χ0) is 13.9. The highest BCUT2D eigenvalue weighted by molar-refractivity contribution is 5.84. The number of hydrogen-bond acceptors (Lipinski definition) is 4. The zero-order valence-corrected chi connectivity index (χ0v) is 9.41. The predicted molar refractivity (Wildman–Crippen MR) is 54.2 cm³/mol. The van der Waals surface area contributed by atoms with E-state index in [1.165, 1.54) is 13.0 Å². The second kappa shape index (κ2) is 5.40. The molecule has 0 aliphatic rings. The van der Waals surface area contributed by atoms with Crippen LogP contribution in [0.2, 0.25) is 0 Å². The number of aliphatic hydroxyl groups excluding tert-OH is 1.